The van der Waals surface area contributed by atoms with Gasteiger partial charge in [-0.15, -0.1) is 0 Å². The van der Waals surface area contributed by atoms with Crippen LogP contribution in [-0.4, -0.2) is 43.0 Å². The number of rotatable bonds is 2. The number of halogens is 6. The minimum atomic E-state index is -5.24. The third-order valence-electron chi connectivity index (χ3n) is 6.97. The average Bonchev–Trinajstić information content (AvgIpc) is 3.41. The Hall–Kier alpha value is -4.10. The Kier molecular flexibility index (Phi) is 5.86. The lowest BCUT2D eigenvalue weighted by Crippen LogP contribution is -2.48. The van der Waals surface area contributed by atoms with Gasteiger partial charge >= 0.3 is 12.2 Å². The number of aliphatic hydroxyl groups is 1. The number of carbonyl (C=O) groups is 2. The zero-order valence-corrected chi connectivity index (χ0v) is 20.8. The van der Waals surface area contributed by atoms with Crippen molar-refractivity contribution >= 4 is 34.9 Å². The van der Waals surface area contributed by atoms with Gasteiger partial charge < -0.3 is 25.2 Å². The van der Waals surface area contributed by atoms with Crippen LogP contribution < -0.4 is 25.0 Å². The number of urea groups is 1. The van der Waals surface area contributed by atoms with E-state index in [0.29, 0.717) is 11.0 Å². The van der Waals surface area contributed by atoms with Crippen molar-refractivity contribution in [1.82, 2.24) is 5.32 Å². The minimum absolute atomic E-state index is 0.0338. The molecule has 8 nitrogen and oxygen atoms in total. The highest BCUT2D eigenvalue weighted by Crippen LogP contribution is 2.50. The van der Waals surface area contributed by atoms with Crippen molar-refractivity contribution in [3.05, 3.63) is 81.4 Å². The minimum Gasteiger partial charge on any atom is -0.486 e. The monoisotopic (exact) mass is 581 g/mol. The zero-order valence-electron chi connectivity index (χ0n) is 20.0. The van der Waals surface area contributed by atoms with Crippen LogP contribution in [0, 0.1) is 11.6 Å². The van der Waals surface area contributed by atoms with Gasteiger partial charge in [0.1, 0.15) is 24.8 Å². The summed E-state index contributed by atoms with van der Waals surface area (Å²) in [4.78, 5) is 27.2. The number of hydrogen-bond donors (Lipinski definition) is 3. The van der Waals surface area contributed by atoms with Gasteiger partial charge in [-0.2, -0.15) is 13.2 Å². The third-order valence-corrected chi connectivity index (χ3v) is 7.32. The number of β-amino-alcohol motifs (C(OH)–C–C–N with tert-alkyl or cyclic N) is 1. The van der Waals surface area contributed by atoms with Gasteiger partial charge in [0, 0.05) is 27.8 Å². The van der Waals surface area contributed by atoms with Crippen LogP contribution in [-0.2, 0) is 5.60 Å². The molecule has 0 fully saturated rings. The molecule has 6 rings (SSSR count). The van der Waals surface area contributed by atoms with E-state index < -0.39 is 53.5 Å². The number of nitrogens with one attached hydrogen (secondary N) is 2. The van der Waals surface area contributed by atoms with Crippen LogP contribution in [0.2, 0.25) is 5.02 Å². The van der Waals surface area contributed by atoms with E-state index in [1.54, 1.807) is 0 Å². The molecule has 0 radical (unpaired) electrons. The van der Waals surface area contributed by atoms with Gasteiger partial charge in [-0.05, 0) is 36.4 Å². The van der Waals surface area contributed by atoms with Crippen LogP contribution in [0.25, 0.3) is 0 Å². The standard InChI is InChI=1S/C26H17ClF5N3O5/c27-15-3-1-11(28)7-13(15)21-19-16(9-18-22(40-6-5-39-18)20(19)23(36)34-21)33-24(37)35-10-25(38,26(30,31)32)14-8-12(29)2-4-17(14)35/h1-4,7-9,21,38H,5-6,10H2,(H,33,37)(H,34,36)/t21-,25+/m1/s1. The fraction of sp³-hybridized carbons (Fsp3) is 0.231. The van der Waals surface area contributed by atoms with Crippen LogP contribution in [0.3, 0.4) is 0 Å². The molecule has 3 heterocycles. The summed E-state index contributed by atoms with van der Waals surface area (Å²) in [7, 11) is 0. The summed E-state index contributed by atoms with van der Waals surface area (Å²) in [6, 6.07) is 4.93. The first kappa shape index (κ1) is 26.1. The van der Waals surface area contributed by atoms with E-state index in [9.17, 15) is 36.6 Å². The second-order valence-corrected chi connectivity index (χ2v) is 9.75. The lowest BCUT2D eigenvalue weighted by molar-refractivity contribution is -0.258. The van der Waals surface area contributed by atoms with Gasteiger partial charge in [-0.25, -0.2) is 13.6 Å². The van der Waals surface area contributed by atoms with Crippen LogP contribution in [0.4, 0.5) is 38.1 Å². The molecular weight excluding hydrogens is 565 g/mol. The largest absolute Gasteiger partial charge is 0.486 e. The summed E-state index contributed by atoms with van der Waals surface area (Å²) in [5.74, 6) is -2.19. The molecular formula is C26H17ClF5N3O5. The van der Waals surface area contributed by atoms with E-state index in [4.69, 9.17) is 21.1 Å². The summed E-state index contributed by atoms with van der Waals surface area (Å²) in [5.41, 5.74) is -4.58. The smallest absolute Gasteiger partial charge is 0.423 e. The summed E-state index contributed by atoms with van der Waals surface area (Å²) in [6.45, 7) is -1.03. The molecule has 0 bridgehead atoms. The molecule has 40 heavy (non-hydrogen) atoms. The molecule has 0 saturated carbocycles. The topological polar surface area (TPSA) is 100 Å². The number of fused-ring (bicyclic) bond motifs is 4. The summed E-state index contributed by atoms with van der Waals surface area (Å²) in [6.07, 6.45) is -5.24. The second kappa shape index (κ2) is 8.96. The van der Waals surface area contributed by atoms with Gasteiger partial charge in [0.15, 0.2) is 11.5 Å². The number of nitrogens with zero attached hydrogens (tertiary/aromatic N) is 1. The number of amides is 3. The molecule has 208 valence electrons. The lowest BCUT2D eigenvalue weighted by Gasteiger charge is -2.27. The van der Waals surface area contributed by atoms with E-state index in [1.807, 2.05) is 0 Å². The predicted molar refractivity (Wildman–Crippen MR) is 131 cm³/mol. The van der Waals surface area contributed by atoms with Crippen molar-refractivity contribution in [1.29, 1.82) is 0 Å². The fourth-order valence-corrected chi connectivity index (χ4v) is 5.38. The molecule has 3 aromatic rings. The maximum atomic E-state index is 14.2. The highest BCUT2D eigenvalue weighted by molar-refractivity contribution is 6.31. The molecule has 3 aromatic carbocycles. The SMILES string of the molecule is O=C1N[C@H](c2cc(F)ccc2Cl)c2c(NC(=O)N3C[C@@](O)(C(F)(F)F)c4cc(F)ccc43)cc3c(c21)OCCO3. The summed E-state index contributed by atoms with van der Waals surface area (Å²) in [5, 5.41) is 15.8. The van der Waals surface area contributed by atoms with Crippen LogP contribution in [0.1, 0.15) is 33.1 Å². The van der Waals surface area contributed by atoms with Gasteiger partial charge in [-0.3, -0.25) is 9.69 Å². The maximum absolute atomic E-state index is 14.2. The van der Waals surface area contributed by atoms with Crippen molar-refractivity contribution in [2.45, 2.75) is 17.8 Å². The second-order valence-electron chi connectivity index (χ2n) is 9.35. The van der Waals surface area contributed by atoms with Crippen molar-refractivity contribution in [2.75, 3.05) is 30.0 Å². The van der Waals surface area contributed by atoms with E-state index in [1.165, 1.54) is 12.1 Å². The third kappa shape index (κ3) is 3.91. The Morgan fingerprint density at radius 2 is 1.80 bits per heavy atom. The summed E-state index contributed by atoms with van der Waals surface area (Å²) < 4.78 is 81.0. The Morgan fingerprint density at radius 3 is 2.55 bits per heavy atom. The van der Waals surface area contributed by atoms with E-state index in [0.717, 1.165) is 24.3 Å². The van der Waals surface area contributed by atoms with E-state index >= 15 is 0 Å². The van der Waals surface area contributed by atoms with E-state index in [-0.39, 0.29) is 57.8 Å². The molecule has 0 spiro atoms. The Bertz CT molecular complexity index is 1600. The first-order chi connectivity index (χ1) is 18.9. The van der Waals surface area contributed by atoms with Gasteiger partial charge in [0.05, 0.1) is 29.5 Å². The number of anilines is 2. The molecule has 3 aliphatic rings. The van der Waals surface area contributed by atoms with Crippen molar-refractivity contribution in [2.24, 2.45) is 0 Å². The first-order valence-electron chi connectivity index (χ1n) is 11.8. The van der Waals surface area contributed by atoms with Crippen molar-refractivity contribution in [3.8, 4) is 11.5 Å². The summed E-state index contributed by atoms with van der Waals surface area (Å²) >= 11 is 6.30. The number of hydrogen-bond acceptors (Lipinski definition) is 5. The van der Waals surface area contributed by atoms with Crippen LogP contribution in [0.5, 0.6) is 11.5 Å². The molecule has 3 N–H and O–H groups in total. The normalized spacial score (nSPS) is 21.1. The molecule has 14 heteroatoms. The zero-order chi connectivity index (χ0) is 28.6. The van der Waals surface area contributed by atoms with Crippen molar-refractivity contribution < 1.29 is 46.1 Å². The van der Waals surface area contributed by atoms with E-state index in [2.05, 4.69) is 10.6 Å². The Labute approximate surface area is 227 Å². The Morgan fingerprint density at radius 1 is 1.10 bits per heavy atom. The highest BCUT2D eigenvalue weighted by atomic mass is 35.5. The molecule has 0 saturated heterocycles. The van der Waals surface area contributed by atoms with Crippen LogP contribution in [0.15, 0.2) is 42.5 Å². The molecule has 0 aliphatic carbocycles. The Balaban J connectivity index is 1.46. The highest BCUT2D eigenvalue weighted by Gasteiger charge is 2.61. The number of benzene rings is 3. The number of alkyl halides is 3. The molecule has 3 amide bonds. The lowest BCUT2D eigenvalue weighted by atomic mass is 9.95. The maximum Gasteiger partial charge on any atom is 0.423 e. The first-order valence-corrected chi connectivity index (χ1v) is 12.2. The number of ether oxygens (including phenoxy) is 2. The molecule has 0 unspecified atom stereocenters. The molecule has 0 aromatic heterocycles. The van der Waals surface area contributed by atoms with Gasteiger partial charge in [0.25, 0.3) is 5.91 Å². The molecule has 2 atom stereocenters. The molecule has 3 aliphatic heterocycles. The van der Waals surface area contributed by atoms with Crippen molar-refractivity contribution in [3.63, 3.8) is 0 Å². The quantitative estimate of drug-likeness (QED) is 0.369. The van der Waals surface area contributed by atoms with Gasteiger partial charge in [-0.1, -0.05) is 11.6 Å². The number of carbonyl (C=O) groups excluding carboxylic acids is 2. The fourth-order valence-electron chi connectivity index (χ4n) is 5.15. The average molecular weight is 582 g/mol. The van der Waals surface area contributed by atoms with Gasteiger partial charge in [0.2, 0.25) is 5.60 Å². The predicted octanol–water partition coefficient (Wildman–Crippen LogP) is 5.02. The van der Waals surface area contributed by atoms with Crippen LogP contribution >= 0.6 is 11.6 Å².